The first-order valence-corrected chi connectivity index (χ1v) is 12.8. The molecule has 0 spiro atoms. The maximum Gasteiger partial charge on any atom is 0.155 e. The molecule has 0 aliphatic heterocycles. The van der Waals surface area contributed by atoms with Gasteiger partial charge in [0, 0.05) is 32.1 Å². The van der Waals surface area contributed by atoms with Crippen LogP contribution in [0.15, 0.2) is 35.9 Å². The number of anilines is 1. The van der Waals surface area contributed by atoms with Gasteiger partial charge in [-0.1, -0.05) is 24.6 Å². The van der Waals surface area contributed by atoms with E-state index >= 15 is 0 Å². The van der Waals surface area contributed by atoms with Gasteiger partial charge in [-0.15, -0.1) is 0 Å². The number of fused-ring (bicyclic) bond motifs is 5. The topological polar surface area (TPSA) is 37.4 Å². The fourth-order valence-corrected chi connectivity index (χ4v) is 8.64. The van der Waals surface area contributed by atoms with Crippen molar-refractivity contribution in [2.24, 2.45) is 34.5 Å². The summed E-state index contributed by atoms with van der Waals surface area (Å²) in [6, 6.07) is 9.07. The molecule has 1 aromatic rings. The maximum absolute atomic E-state index is 12.5. The number of nitrogens with zero attached hydrogens (tertiary/aromatic N) is 1. The summed E-state index contributed by atoms with van der Waals surface area (Å²) in [4.78, 5) is 27.0. The van der Waals surface area contributed by atoms with Crippen LogP contribution in [0.5, 0.6) is 0 Å². The number of hydrogen-bond donors (Lipinski definition) is 0. The van der Waals surface area contributed by atoms with Gasteiger partial charge in [-0.05, 0) is 111 Å². The first-order chi connectivity index (χ1) is 15.2. The molecule has 3 saturated carbocycles. The Labute approximate surface area is 193 Å². The highest BCUT2D eigenvalue weighted by Gasteiger charge is 2.60. The summed E-state index contributed by atoms with van der Waals surface area (Å²) < 4.78 is 0. The van der Waals surface area contributed by atoms with Crippen LogP contribution in [0.25, 0.3) is 0 Å². The number of hydrogen-bond acceptors (Lipinski definition) is 3. The molecule has 6 atom stereocenters. The monoisotopic (exact) mass is 433 g/mol. The molecule has 0 unspecified atom stereocenters. The molecule has 0 bridgehead atoms. The lowest BCUT2D eigenvalue weighted by molar-refractivity contribution is -0.128. The van der Waals surface area contributed by atoms with E-state index in [9.17, 15) is 9.59 Å². The van der Waals surface area contributed by atoms with Crippen molar-refractivity contribution in [3.8, 4) is 0 Å². The third-order valence-electron chi connectivity index (χ3n) is 10.1. The molecule has 172 valence electrons. The van der Waals surface area contributed by atoms with Crippen molar-refractivity contribution in [3.05, 3.63) is 41.5 Å². The second kappa shape index (κ2) is 7.85. The molecular weight excluding hydrogens is 394 g/mol. The molecule has 4 aliphatic carbocycles. The molecule has 4 aliphatic rings. The van der Waals surface area contributed by atoms with Gasteiger partial charge in [-0.3, -0.25) is 9.59 Å². The number of carbonyl (C=O) groups is 2. The number of benzene rings is 1. The van der Waals surface area contributed by atoms with Crippen LogP contribution in [-0.2, 0) is 16.0 Å². The third-order valence-corrected chi connectivity index (χ3v) is 10.1. The minimum atomic E-state index is 0.131. The van der Waals surface area contributed by atoms with Crippen LogP contribution in [0.3, 0.4) is 0 Å². The fourth-order valence-electron chi connectivity index (χ4n) is 8.64. The Bertz CT molecular complexity index is 944. The van der Waals surface area contributed by atoms with E-state index < -0.39 is 0 Å². The molecule has 0 radical (unpaired) electrons. The lowest BCUT2D eigenvalue weighted by atomic mass is 9.45. The van der Waals surface area contributed by atoms with Crippen molar-refractivity contribution in [1.82, 2.24) is 0 Å². The highest BCUT2D eigenvalue weighted by Crippen LogP contribution is 2.67. The van der Waals surface area contributed by atoms with Crippen LogP contribution < -0.4 is 4.90 Å². The number of allylic oxidation sites excluding steroid dienone is 1. The molecule has 0 amide bonds. The zero-order valence-corrected chi connectivity index (χ0v) is 20.3. The van der Waals surface area contributed by atoms with Gasteiger partial charge in [0.15, 0.2) is 5.78 Å². The summed E-state index contributed by atoms with van der Waals surface area (Å²) in [5.74, 6) is 3.01. The first-order valence-electron chi connectivity index (χ1n) is 12.8. The van der Waals surface area contributed by atoms with E-state index in [0.717, 1.165) is 25.7 Å². The van der Waals surface area contributed by atoms with E-state index in [0.29, 0.717) is 35.7 Å². The van der Waals surface area contributed by atoms with Crippen molar-refractivity contribution in [2.75, 3.05) is 19.0 Å². The van der Waals surface area contributed by atoms with Gasteiger partial charge in [0.25, 0.3) is 0 Å². The predicted molar refractivity (Wildman–Crippen MR) is 130 cm³/mol. The molecular formula is C29H39NO2. The lowest BCUT2D eigenvalue weighted by Crippen LogP contribution is -2.52. The summed E-state index contributed by atoms with van der Waals surface area (Å²) in [7, 11) is 4.17. The van der Waals surface area contributed by atoms with Gasteiger partial charge in [0.05, 0.1) is 0 Å². The first kappa shape index (κ1) is 21.9. The van der Waals surface area contributed by atoms with Gasteiger partial charge in [-0.2, -0.15) is 0 Å². The quantitative estimate of drug-likeness (QED) is 0.583. The Morgan fingerprint density at radius 1 is 1.00 bits per heavy atom. The van der Waals surface area contributed by atoms with E-state index in [1.54, 1.807) is 0 Å². The molecule has 32 heavy (non-hydrogen) atoms. The fraction of sp³-hybridized carbons (Fsp3) is 0.655. The van der Waals surface area contributed by atoms with Gasteiger partial charge >= 0.3 is 0 Å². The number of carbonyl (C=O) groups excluding carboxylic acids is 2. The molecule has 1 aromatic carbocycles. The Balaban J connectivity index is 1.50. The minimum Gasteiger partial charge on any atom is -0.378 e. The highest BCUT2D eigenvalue weighted by atomic mass is 16.1. The van der Waals surface area contributed by atoms with E-state index in [1.807, 2.05) is 13.0 Å². The maximum atomic E-state index is 12.5. The van der Waals surface area contributed by atoms with Crippen LogP contribution in [0.1, 0.15) is 70.8 Å². The molecule has 3 heteroatoms. The van der Waals surface area contributed by atoms with Gasteiger partial charge in [0.2, 0.25) is 0 Å². The van der Waals surface area contributed by atoms with Crippen LogP contribution in [0, 0.1) is 34.5 Å². The second-order valence-corrected chi connectivity index (χ2v) is 11.7. The molecule has 5 rings (SSSR count). The van der Waals surface area contributed by atoms with Crippen molar-refractivity contribution in [2.45, 2.75) is 71.6 Å². The Morgan fingerprint density at radius 3 is 2.44 bits per heavy atom. The van der Waals surface area contributed by atoms with Crippen molar-refractivity contribution < 1.29 is 9.59 Å². The molecule has 0 aromatic heterocycles. The number of Topliss-reactive ketones (excluding diaryl/α,β-unsaturated/α-hetero) is 1. The molecule has 3 fully saturated rings. The molecule has 0 saturated heterocycles. The molecule has 0 N–H and O–H groups in total. The lowest BCUT2D eigenvalue weighted by Gasteiger charge is -2.59. The van der Waals surface area contributed by atoms with Gasteiger partial charge in [0.1, 0.15) is 5.78 Å². The Hall–Kier alpha value is -1.90. The van der Waals surface area contributed by atoms with Crippen molar-refractivity contribution >= 4 is 17.3 Å². The van der Waals surface area contributed by atoms with E-state index in [1.165, 1.54) is 42.5 Å². The highest BCUT2D eigenvalue weighted by molar-refractivity contribution is 5.91. The summed E-state index contributed by atoms with van der Waals surface area (Å²) in [6.07, 6.45) is 11.8. The smallest absolute Gasteiger partial charge is 0.155 e. The largest absolute Gasteiger partial charge is 0.378 e. The summed E-state index contributed by atoms with van der Waals surface area (Å²) >= 11 is 0. The summed E-state index contributed by atoms with van der Waals surface area (Å²) in [6.45, 7) is 4.24. The zero-order valence-electron chi connectivity index (χ0n) is 20.3. The Morgan fingerprint density at radius 2 is 1.75 bits per heavy atom. The van der Waals surface area contributed by atoms with Crippen molar-refractivity contribution in [3.63, 3.8) is 0 Å². The second-order valence-electron chi connectivity index (χ2n) is 11.7. The third kappa shape index (κ3) is 3.30. The van der Waals surface area contributed by atoms with E-state index in [2.05, 4.69) is 50.2 Å². The Kier molecular flexibility index (Phi) is 5.38. The van der Waals surface area contributed by atoms with Crippen molar-refractivity contribution in [1.29, 1.82) is 0 Å². The SMILES string of the molecule is CC(=O)[C@H]1CC[C@H]2[C@@H]3CCC4=CC(=O)CC[C@]4(Cc4ccc(N(C)C)cc4)[C@H]3CC[C@]12C. The average Bonchev–Trinajstić information content (AvgIpc) is 3.12. The summed E-state index contributed by atoms with van der Waals surface area (Å²) in [5, 5.41) is 0. The van der Waals surface area contributed by atoms with E-state index in [-0.39, 0.29) is 16.7 Å². The van der Waals surface area contributed by atoms with Gasteiger partial charge < -0.3 is 4.90 Å². The summed E-state index contributed by atoms with van der Waals surface area (Å²) in [5.41, 5.74) is 4.39. The molecule has 3 nitrogen and oxygen atoms in total. The van der Waals surface area contributed by atoms with Gasteiger partial charge in [-0.25, -0.2) is 0 Å². The average molecular weight is 434 g/mol. The predicted octanol–water partition coefficient (Wildman–Crippen LogP) is 6.01. The number of rotatable bonds is 4. The van der Waals surface area contributed by atoms with Crippen LogP contribution in [0.2, 0.25) is 0 Å². The normalized spacial score (nSPS) is 38.4. The zero-order chi connectivity index (χ0) is 22.7. The van der Waals surface area contributed by atoms with Crippen LogP contribution in [0.4, 0.5) is 5.69 Å². The van der Waals surface area contributed by atoms with E-state index in [4.69, 9.17) is 0 Å². The van der Waals surface area contributed by atoms with Crippen LogP contribution >= 0.6 is 0 Å². The van der Waals surface area contributed by atoms with Crippen LogP contribution in [-0.4, -0.2) is 25.7 Å². The minimum absolute atomic E-state index is 0.131. The number of ketones is 2. The standard InChI is InChI=1S/C29H39NO2/c1-19(31)25-11-12-26-24-10-7-21-17-23(32)13-16-29(21,27(24)14-15-28(25,26)2)18-20-5-8-22(9-6-20)30(3)4/h5-6,8-9,17,24-27H,7,10-16,18H2,1-4H3/t24-,25+,26-,27-,28+,29+/m0/s1. The molecule has 0 heterocycles.